The maximum Gasteiger partial charge on any atom is 0.0681 e. The van der Waals surface area contributed by atoms with E-state index in [4.69, 9.17) is 5.11 Å². The van der Waals surface area contributed by atoms with E-state index >= 15 is 0 Å². The summed E-state index contributed by atoms with van der Waals surface area (Å²) in [4.78, 5) is 1.33. The van der Waals surface area contributed by atoms with Gasteiger partial charge in [0.25, 0.3) is 0 Å². The molecule has 0 aliphatic carbocycles. The molecule has 0 fully saturated rings. The summed E-state index contributed by atoms with van der Waals surface area (Å²) in [5.41, 5.74) is 2.18. The Kier molecular flexibility index (Phi) is 4.95. The molecule has 18 heavy (non-hydrogen) atoms. The topological polar surface area (TPSA) is 32.3 Å². The van der Waals surface area contributed by atoms with E-state index in [0.29, 0.717) is 6.04 Å². The van der Waals surface area contributed by atoms with Gasteiger partial charge in [0.15, 0.2) is 0 Å². The SMILES string of the molecule is CC(NCc1ccc(CO)cc1)c1cc(Br)cs1. The Morgan fingerprint density at radius 2 is 1.94 bits per heavy atom. The van der Waals surface area contributed by atoms with E-state index in [1.165, 1.54) is 10.4 Å². The third kappa shape index (κ3) is 3.65. The van der Waals surface area contributed by atoms with E-state index in [-0.39, 0.29) is 6.61 Å². The summed E-state index contributed by atoms with van der Waals surface area (Å²) in [7, 11) is 0. The van der Waals surface area contributed by atoms with Crippen LogP contribution in [0.25, 0.3) is 0 Å². The Labute approximate surface area is 120 Å². The predicted octanol–water partition coefficient (Wildman–Crippen LogP) is 3.85. The molecule has 0 spiro atoms. The third-order valence-electron chi connectivity index (χ3n) is 2.83. The van der Waals surface area contributed by atoms with Crippen LogP contribution in [-0.4, -0.2) is 5.11 Å². The Morgan fingerprint density at radius 1 is 1.28 bits per heavy atom. The summed E-state index contributed by atoms with van der Waals surface area (Å²) in [5.74, 6) is 0. The molecule has 1 atom stereocenters. The van der Waals surface area contributed by atoms with Crippen LogP contribution in [0.3, 0.4) is 0 Å². The molecule has 1 aromatic heterocycles. The van der Waals surface area contributed by atoms with E-state index in [0.717, 1.165) is 16.6 Å². The van der Waals surface area contributed by atoms with Gasteiger partial charge in [0.2, 0.25) is 0 Å². The molecule has 4 heteroatoms. The standard InChI is InChI=1S/C14H16BrNOS/c1-10(14-6-13(15)9-18-14)16-7-11-2-4-12(8-17)5-3-11/h2-6,9-10,16-17H,7-8H2,1H3. The molecule has 1 aromatic carbocycles. The first-order valence-corrected chi connectivity index (χ1v) is 7.52. The number of aliphatic hydroxyl groups is 1. The molecule has 2 aromatic rings. The van der Waals surface area contributed by atoms with Crippen molar-refractivity contribution in [2.45, 2.75) is 26.1 Å². The van der Waals surface area contributed by atoms with Gasteiger partial charge in [0, 0.05) is 27.3 Å². The van der Waals surface area contributed by atoms with Gasteiger partial charge in [-0.05, 0) is 40.0 Å². The van der Waals surface area contributed by atoms with Gasteiger partial charge in [-0.15, -0.1) is 11.3 Å². The van der Waals surface area contributed by atoms with Gasteiger partial charge in [-0.1, -0.05) is 24.3 Å². The Morgan fingerprint density at radius 3 is 2.50 bits per heavy atom. The summed E-state index contributed by atoms with van der Waals surface area (Å²) >= 11 is 5.23. The minimum Gasteiger partial charge on any atom is -0.392 e. The minimum absolute atomic E-state index is 0.104. The quantitative estimate of drug-likeness (QED) is 0.875. The molecule has 0 bridgehead atoms. The van der Waals surface area contributed by atoms with Crippen LogP contribution in [0.4, 0.5) is 0 Å². The highest BCUT2D eigenvalue weighted by Gasteiger charge is 2.07. The molecular formula is C14H16BrNOS. The lowest BCUT2D eigenvalue weighted by molar-refractivity contribution is 0.282. The second-order valence-electron chi connectivity index (χ2n) is 4.24. The van der Waals surface area contributed by atoms with Gasteiger partial charge in [-0.25, -0.2) is 0 Å². The second-order valence-corrected chi connectivity index (χ2v) is 6.10. The van der Waals surface area contributed by atoms with Crippen molar-refractivity contribution in [3.05, 3.63) is 56.2 Å². The van der Waals surface area contributed by atoms with Gasteiger partial charge in [0.1, 0.15) is 0 Å². The zero-order valence-corrected chi connectivity index (χ0v) is 12.6. The van der Waals surface area contributed by atoms with Crippen molar-refractivity contribution in [1.29, 1.82) is 0 Å². The van der Waals surface area contributed by atoms with Crippen molar-refractivity contribution in [2.75, 3.05) is 0 Å². The zero-order valence-electron chi connectivity index (χ0n) is 10.2. The maximum atomic E-state index is 8.98. The molecule has 96 valence electrons. The van der Waals surface area contributed by atoms with Gasteiger partial charge in [-0.2, -0.15) is 0 Å². The van der Waals surface area contributed by atoms with E-state index in [1.807, 2.05) is 12.1 Å². The largest absolute Gasteiger partial charge is 0.392 e. The predicted molar refractivity (Wildman–Crippen MR) is 79.6 cm³/mol. The Hall–Kier alpha value is -0.680. The molecule has 0 aliphatic heterocycles. The van der Waals surface area contributed by atoms with Crippen LogP contribution in [0.15, 0.2) is 40.2 Å². The first-order valence-electron chi connectivity index (χ1n) is 5.85. The molecular weight excluding hydrogens is 310 g/mol. The lowest BCUT2D eigenvalue weighted by Crippen LogP contribution is -2.17. The first kappa shape index (κ1) is 13.7. The van der Waals surface area contributed by atoms with Gasteiger partial charge < -0.3 is 10.4 Å². The number of nitrogens with one attached hydrogen (secondary N) is 1. The highest BCUT2D eigenvalue weighted by Crippen LogP contribution is 2.25. The molecule has 1 unspecified atom stereocenters. The second kappa shape index (κ2) is 6.48. The summed E-state index contributed by atoms with van der Waals surface area (Å²) in [6.45, 7) is 3.11. The molecule has 0 saturated heterocycles. The molecule has 0 radical (unpaired) electrons. The molecule has 0 saturated carbocycles. The molecule has 2 rings (SSSR count). The van der Waals surface area contributed by atoms with E-state index in [9.17, 15) is 0 Å². The maximum absolute atomic E-state index is 8.98. The van der Waals surface area contributed by atoms with Crippen LogP contribution in [-0.2, 0) is 13.2 Å². The van der Waals surface area contributed by atoms with Crippen LogP contribution in [0.1, 0.15) is 29.0 Å². The number of halogens is 1. The van der Waals surface area contributed by atoms with Crippen molar-refractivity contribution in [2.24, 2.45) is 0 Å². The van der Waals surface area contributed by atoms with Crippen molar-refractivity contribution in [3.63, 3.8) is 0 Å². The number of hydrogen-bond donors (Lipinski definition) is 2. The number of benzene rings is 1. The van der Waals surface area contributed by atoms with Crippen molar-refractivity contribution >= 4 is 27.3 Å². The summed E-state index contributed by atoms with van der Waals surface area (Å²) in [5, 5.41) is 14.6. The van der Waals surface area contributed by atoms with Gasteiger partial charge in [-0.3, -0.25) is 0 Å². The van der Waals surface area contributed by atoms with E-state index in [1.54, 1.807) is 11.3 Å². The highest BCUT2D eigenvalue weighted by molar-refractivity contribution is 9.10. The molecule has 0 aliphatic rings. The normalized spacial score (nSPS) is 12.6. The molecule has 2 N–H and O–H groups in total. The fourth-order valence-electron chi connectivity index (χ4n) is 1.69. The van der Waals surface area contributed by atoms with Crippen LogP contribution in [0, 0.1) is 0 Å². The summed E-state index contributed by atoms with van der Waals surface area (Å²) in [6.07, 6.45) is 0. The fourth-order valence-corrected chi connectivity index (χ4v) is 3.17. The van der Waals surface area contributed by atoms with Crippen molar-refractivity contribution < 1.29 is 5.11 Å². The number of thiophene rings is 1. The fraction of sp³-hybridized carbons (Fsp3) is 0.286. The highest BCUT2D eigenvalue weighted by atomic mass is 79.9. The zero-order chi connectivity index (χ0) is 13.0. The average Bonchev–Trinajstić information content (AvgIpc) is 2.83. The van der Waals surface area contributed by atoms with Crippen LogP contribution >= 0.6 is 27.3 Å². The molecule has 0 amide bonds. The van der Waals surface area contributed by atoms with Crippen LogP contribution < -0.4 is 5.32 Å². The van der Waals surface area contributed by atoms with Gasteiger partial charge in [0.05, 0.1) is 6.61 Å². The number of aliphatic hydroxyl groups excluding tert-OH is 1. The van der Waals surface area contributed by atoms with Crippen molar-refractivity contribution in [1.82, 2.24) is 5.32 Å². The lowest BCUT2D eigenvalue weighted by Gasteiger charge is -2.12. The Bertz CT molecular complexity index is 495. The average molecular weight is 326 g/mol. The summed E-state index contributed by atoms with van der Waals surface area (Å²) < 4.78 is 1.14. The Balaban J connectivity index is 1.90. The summed E-state index contributed by atoms with van der Waals surface area (Å²) in [6, 6.07) is 10.5. The number of hydrogen-bond acceptors (Lipinski definition) is 3. The van der Waals surface area contributed by atoms with Crippen LogP contribution in [0.5, 0.6) is 0 Å². The van der Waals surface area contributed by atoms with E-state index < -0.39 is 0 Å². The minimum atomic E-state index is 0.104. The monoisotopic (exact) mass is 325 g/mol. The van der Waals surface area contributed by atoms with Crippen LogP contribution in [0.2, 0.25) is 0 Å². The van der Waals surface area contributed by atoms with Gasteiger partial charge >= 0.3 is 0 Å². The molecule has 2 nitrogen and oxygen atoms in total. The third-order valence-corrected chi connectivity index (χ3v) is 4.71. The lowest BCUT2D eigenvalue weighted by atomic mass is 10.1. The van der Waals surface area contributed by atoms with E-state index in [2.05, 4.69) is 51.7 Å². The smallest absolute Gasteiger partial charge is 0.0681 e. The first-order chi connectivity index (χ1) is 8.69. The van der Waals surface area contributed by atoms with Crippen molar-refractivity contribution in [3.8, 4) is 0 Å². The molecule has 1 heterocycles. The number of rotatable bonds is 5.